The second kappa shape index (κ2) is 6.83. The van der Waals surface area contributed by atoms with Crippen LogP contribution >= 0.6 is 0 Å². The molecule has 1 aliphatic rings. The predicted octanol–water partition coefficient (Wildman–Crippen LogP) is 2.58. The Morgan fingerprint density at radius 1 is 1.24 bits per heavy atom. The molecule has 0 fully saturated rings. The minimum absolute atomic E-state index is 0.0252. The maximum atomic E-state index is 12.3. The molecule has 1 aromatic carbocycles. The maximum Gasteiger partial charge on any atom is 0.223 e. The lowest BCUT2D eigenvalue weighted by molar-refractivity contribution is -0.125. The summed E-state index contributed by atoms with van der Waals surface area (Å²) in [7, 11) is 3.36. The maximum absolute atomic E-state index is 12.3. The molecule has 1 N–H and O–H groups in total. The predicted molar refractivity (Wildman–Crippen MR) is 82.9 cm³/mol. The number of benzene rings is 1. The Morgan fingerprint density at radius 2 is 1.86 bits per heavy atom. The van der Waals surface area contributed by atoms with E-state index in [4.69, 9.17) is 9.47 Å². The number of amides is 1. The molecule has 0 aliphatic heterocycles. The topological polar surface area (TPSA) is 47.6 Å². The lowest BCUT2D eigenvalue weighted by Crippen LogP contribution is -2.36. The summed E-state index contributed by atoms with van der Waals surface area (Å²) < 4.78 is 10.9. The zero-order chi connectivity index (χ0) is 15.4. The van der Waals surface area contributed by atoms with E-state index in [-0.39, 0.29) is 11.8 Å². The van der Waals surface area contributed by atoms with Gasteiger partial charge in [0.2, 0.25) is 5.91 Å². The van der Waals surface area contributed by atoms with Crippen LogP contribution in [0, 0.1) is 11.8 Å². The minimum atomic E-state index is 0.0252. The molecule has 0 bridgehead atoms. The number of fused-ring (bicyclic) bond motifs is 1. The third kappa shape index (κ3) is 3.49. The van der Waals surface area contributed by atoms with Crippen LogP contribution in [-0.2, 0) is 17.6 Å². The summed E-state index contributed by atoms with van der Waals surface area (Å²) >= 11 is 0. The SMILES string of the molecule is COc1ccc(OC)c2c1CCC(C(=O)NCC(C)C)C2. The molecule has 2 rings (SSSR count). The molecule has 116 valence electrons. The summed E-state index contributed by atoms with van der Waals surface area (Å²) in [5.41, 5.74) is 2.30. The van der Waals surface area contributed by atoms with Crippen molar-refractivity contribution in [2.75, 3.05) is 20.8 Å². The smallest absolute Gasteiger partial charge is 0.223 e. The fraction of sp³-hybridized carbons (Fsp3) is 0.588. The highest BCUT2D eigenvalue weighted by Crippen LogP contribution is 2.37. The van der Waals surface area contributed by atoms with E-state index in [0.29, 0.717) is 5.92 Å². The van der Waals surface area contributed by atoms with Gasteiger partial charge in [-0.3, -0.25) is 4.79 Å². The van der Waals surface area contributed by atoms with Gasteiger partial charge in [-0.2, -0.15) is 0 Å². The largest absolute Gasteiger partial charge is 0.496 e. The van der Waals surface area contributed by atoms with Crippen LogP contribution in [0.15, 0.2) is 12.1 Å². The number of hydrogen-bond donors (Lipinski definition) is 1. The zero-order valence-corrected chi connectivity index (χ0v) is 13.4. The number of methoxy groups -OCH3 is 2. The lowest BCUT2D eigenvalue weighted by Gasteiger charge is -2.27. The van der Waals surface area contributed by atoms with Gasteiger partial charge in [0.25, 0.3) is 0 Å². The van der Waals surface area contributed by atoms with Gasteiger partial charge in [0.1, 0.15) is 11.5 Å². The summed E-state index contributed by atoms with van der Waals surface area (Å²) in [6.07, 6.45) is 2.44. The van der Waals surface area contributed by atoms with Crippen LogP contribution in [0.1, 0.15) is 31.4 Å². The molecule has 0 aromatic heterocycles. The van der Waals surface area contributed by atoms with E-state index < -0.39 is 0 Å². The Morgan fingerprint density at radius 3 is 2.43 bits per heavy atom. The number of nitrogens with one attached hydrogen (secondary N) is 1. The van der Waals surface area contributed by atoms with E-state index in [1.165, 1.54) is 5.56 Å². The molecule has 1 unspecified atom stereocenters. The average Bonchev–Trinajstić information content (AvgIpc) is 2.50. The number of carbonyl (C=O) groups excluding carboxylic acids is 1. The van der Waals surface area contributed by atoms with Gasteiger partial charge < -0.3 is 14.8 Å². The molecule has 0 radical (unpaired) electrons. The Hall–Kier alpha value is -1.71. The normalized spacial score (nSPS) is 17.3. The van der Waals surface area contributed by atoms with Crippen molar-refractivity contribution >= 4 is 5.91 Å². The molecule has 1 aromatic rings. The average molecular weight is 291 g/mol. The Labute approximate surface area is 126 Å². The molecular weight excluding hydrogens is 266 g/mol. The van der Waals surface area contributed by atoms with Crippen molar-refractivity contribution in [2.45, 2.75) is 33.1 Å². The highest BCUT2D eigenvalue weighted by molar-refractivity contribution is 5.79. The van der Waals surface area contributed by atoms with Gasteiger partial charge >= 0.3 is 0 Å². The minimum Gasteiger partial charge on any atom is -0.496 e. The van der Waals surface area contributed by atoms with E-state index in [2.05, 4.69) is 19.2 Å². The fourth-order valence-electron chi connectivity index (χ4n) is 2.87. The molecule has 0 saturated heterocycles. The summed E-state index contributed by atoms with van der Waals surface area (Å²) in [5.74, 6) is 2.40. The standard InChI is InChI=1S/C17H25NO3/c1-11(2)10-18-17(19)12-5-6-13-14(9-12)16(21-4)8-7-15(13)20-3/h7-8,11-12H,5-6,9-10H2,1-4H3,(H,18,19). The third-order valence-corrected chi connectivity index (χ3v) is 4.03. The Bertz CT molecular complexity index is 511. The highest BCUT2D eigenvalue weighted by Gasteiger charge is 2.28. The molecule has 4 nitrogen and oxygen atoms in total. The van der Waals surface area contributed by atoms with Gasteiger partial charge in [-0.05, 0) is 37.3 Å². The van der Waals surface area contributed by atoms with E-state index in [1.54, 1.807) is 14.2 Å². The van der Waals surface area contributed by atoms with Crippen molar-refractivity contribution in [1.29, 1.82) is 0 Å². The van der Waals surface area contributed by atoms with Crippen molar-refractivity contribution in [2.24, 2.45) is 11.8 Å². The quantitative estimate of drug-likeness (QED) is 0.907. The van der Waals surface area contributed by atoms with E-state index >= 15 is 0 Å². The summed E-state index contributed by atoms with van der Waals surface area (Å²) in [5, 5.41) is 3.04. The van der Waals surface area contributed by atoms with Gasteiger partial charge in [-0.15, -0.1) is 0 Å². The number of rotatable bonds is 5. The van der Waals surface area contributed by atoms with Crippen molar-refractivity contribution < 1.29 is 14.3 Å². The first-order valence-corrected chi connectivity index (χ1v) is 7.57. The molecule has 4 heteroatoms. The summed E-state index contributed by atoms with van der Waals surface area (Å²) in [6.45, 7) is 4.94. The molecule has 0 heterocycles. The van der Waals surface area contributed by atoms with Crippen LogP contribution in [0.5, 0.6) is 11.5 Å². The van der Waals surface area contributed by atoms with Gasteiger partial charge in [-0.1, -0.05) is 13.8 Å². The van der Waals surface area contributed by atoms with E-state index in [9.17, 15) is 4.79 Å². The molecule has 0 spiro atoms. The zero-order valence-electron chi connectivity index (χ0n) is 13.4. The lowest BCUT2D eigenvalue weighted by atomic mass is 9.82. The highest BCUT2D eigenvalue weighted by atomic mass is 16.5. The fourth-order valence-corrected chi connectivity index (χ4v) is 2.87. The van der Waals surface area contributed by atoms with Crippen molar-refractivity contribution in [3.8, 4) is 11.5 Å². The molecule has 21 heavy (non-hydrogen) atoms. The molecule has 0 saturated carbocycles. The molecular formula is C17H25NO3. The summed E-state index contributed by atoms with van der Waals surface area (Å²) in [6, 6.07) is 3.86. The number of carbonyl (C=O) groups is 1. The third-order valence-electron chi connectivity index (χ3n) is 4.03. The van der Waals surface area contributed by atoms with Gasteiger partial charge in [-0.25, -0.2) is 0 Å². The first-order valence-electron chi connectivity index (χ1n) is 7.57. The molecule has 1 aliphatic carbocycles. The van der Waals surface area contributed by atoms with Crippen LogP contribution in [0.25, 0.3) is 0 Å². The van der Waals surface area contributed by atoms with Crippen molar-refractivity contribution in [1.82, 2.24) is 5.32 Å². The van der Waals surface area contributed by atoms with E-state index in [1.807, 2.05) is 12.1 Å². The van der Waals surface area contributed by atoms with Crippen molar-refractivity contribution in [3.63, 3.8) is 0 Å². The van der Waals surface area contributed by atoms with Gasteiger partial charge in [0.15, 0.2) is 0 Å². The van der Waals surface area contributed by atoms with Crippen LogP contribution < -0.4 is 14.8 Å². The van der Waals surface area contributed by atoms with E-state index in [0.717, 1.165) is 42.9 Å². The monoisotopic (exact) mass is 291 g/mol. The Kier molecular flexibility index (Phi) is 5.10. The number of hydrogen-bond acceptors (Lipinski definition) is 3. The molecule has 1 amide bonds. The first kappa shape index (κ1) is 15.7. The summed E-state index contributed by atoms with van der Waals surface area (Å²) in [4.78, 5) is 12.3. The molecule has 1 atom stereocenters. The second-order valence-corrected chi connectivity index (χ2v) is 6.01. The van der Waals surface area contributed by atoms with Crippen LogP contribution in [-0.4, -0.2) is 26.7 Å². The van der Waals surface area contributed by atoms with Crippen LogP contribution in [0.3, 0.4) is 0 Å². The van der Waals surface area contributed by atoms with Crippen LogP contribution in [0.2, 0.25) is 0 Å². The van der Waals surface area contributed by atoms with Crippen LogP contribution in [0.4, 0.5) is 0 Å². The second-order valence-electron chi connectivity index (χ2n) is 6.01. The first-order chi connectivity index (χ1) is 10.1. The van der Waals surface area contributed by atoms with Gasteiger partial charge in [0.05, 0.1) is 14.2 Å². The Balaban J connectivity index is 2.17. The van der Waals surface area contributed by atoms with Gasteiger partial charge in [0, 0.05) is 23.6 Å². The number of ether oxygens (including phenoxy) is 2. The van der Waals surface area contributed by atoms with Crippen molar-refractivity contribution in [3.05, 3.63) is 23.3 Å².